The van der Waals surface area contributed by atoms with Gasteiger partial charge in [0.05, 0.1) is 0 Å². The summed E-state index contributed by atoms with van der Waals surface area (Å²) in [6.07, 6.45) is 7.18. The molecule has 0 radical (unpaired) electrons. The molecular formula is C9H25OP3S2. The fourth-order valence-corrected chi connectivity index (χ4v) is 3.79. The van der Waals surface area contributed by atoms with Crippen molar-refractivity contribution in [2.75, 3.05) is 18.5 Å². The molecule has 0 aromatic heterocycles. The Morgan fingerprint density at radius 1 is 0.933 bits per heavy atom. The van der Waals surface area contributed by atoms with Crippen LogP contribution in [-0.2, 0) is 4.31 Å². The van der Waals surface area contributed by atoms with Crippen molar-refractivity contribution < 1.29 is 4.31 Å². The normalized spacial score (nSPS) is 11.6. The zero-order valence-corrected chi connectivity index (χ0v) is 14.7. The van der Waals surface area contributed by atoms with E-state index in [0.717, 1.165) is 17.6 Å². The third-order valence-electron chi connectivity index (χ3n) is 1.27. The molecule has 2 atom stereocenters. The van der Waals surface area contributed by atoms with Crippen LogP contribution in [0.25, 0.3) is 0 Å². The van der Waals surface area contributed by atoms with Crippen LogP contribution in [0.1, 0.15) is 40.0 Å². The van der Waals surface area contributed by atoms with Gasteiger partial charge in [-0.3, -0.25) is 0 Å². The van der Waals surface area contributed by atoms with Crippen molar-refractivity contribution in [3.05, 3.63) is 0 Å². The van der Waals surface area contributed by atoms with E-state index < -0.39 is 0 Å². The van der Waals surface area contributed by atoms with Crippen LogP contribution in [0.4, 0.5) is 0 Å². The highest BCUT2D eigenvalue weighted by molar-refractivity contribution is 8.78. The Morgan fingerprint density at radius 3 is 1.60 bits per heavy atom. The molecule has 0 saturated heterocycles. The molecule has 94 valence electrons. The number of hydrogen-bond acceptors (Lipinski definition) is 3. The summed E-state index contributed by atoms with van der Waals surface area (Å²) in [5.74, 6) is 0. The highest BCUT2D eigenvalue weighted by atomic mass is 33.1. The Bertz CT molecular complexity index is 101. The summed E-state index contributed by atoms with van der Waals surface area (Å²) in [5.41, 5.74) is 0. The molecule has 15 heavy (non-hydrogen) atoms. The zero-order chi connectivity index (χ0) is 11.9. The first-order chi connectivity index (χ1) is 7.18. The summed E-state index contributed by atoms with van der Waals surface area (Å²) < 4.78 is 5.37. The van der Waals surface area contributed by atoms with Gasteiger partial charge in [-0.05, 0) is 18.5 Å². The predicted octanol–water partition coefficient (Wildman–Crippen LogP) is 5.58. The molecule has 0 spiro atoms. The molecule has 0 aliphatic heterocycles. The molecule has 0 aliphatic rings. The van der Waals surface area contributed by atoms with Crippen LogP contribution in [0.3, 0.4) is 0 Å². The number of thiol groups is 2. The summed E-state index contributed by atoms with van der Waals surface area (Å²) in [4.78, 5) is 0. The largest absolute Gasteiger partial charge is 0.344 e. The summed E-state index contributed by atoms with van der Waals surface area (Å²) in [6.45, 7) is 6.53. The van der Waals surface area contributed by atoms with E-state index in [-0.39, 0.29) is 6.33 Å². The highest BCUT2D eigenvalue weighted by Gasteiger charge is 1.87. The van der Waals surface area contributed by atoms with Crippen molar-refractivity contribution in [3.63, 3.8) is 0 Å². The fourth-order valence-electron chi connectivity index (χ4n) is 0.557. The van der Waals surface area contributed by atoms with Crippen LogP contribution in [-0.4, -0.2) is 18.5 Å². The number of hydrogen-bond donors (Lipinski definition) is 2. The van der Waals surface area contributed by atoms with Crippen LogP contribution >= 0.6 is 48.4 Å². The quantitative estimate of drug-likeness (QED) is 0.338. The molecular weight excluding hydrogens is 281 g/mol. The molecule has 0 heterocycles. The lowest BCUT2D eigenvalue weighted by atomic mass is 10.6. The van der Waals surface area contributed by atoms with Gasteiger partial charge in [0.1, 0.15) is 0 Å². The van der Waals surface area contributed by atoms with Crippen molar-refractivity contribution in [3.8, 4) is 0 Å². The molecule has 0 bridgehead atoms. The van der Waals surface area contributed by atoms with E-state index in [1.54, 1.807) is 0 Å². The van der Waals surface area contributed by atoms with E-state index in [9.17, 15) is 0 Å². The van der Waals surface area contributed by atoms with Gasteiger partial charge in [0.2, 0.25) is 0 Å². The number of rotatable bonds is 8. The van der Waals surface area contributed by atoms with Crippen LogP contribution in [0, 0.1) is 0 Å². The molecule has 0 saturated carbocycles. The lowest BCUT2D eigenvalue weighted by Crippen LogP contribution is -1.71. The second kappa shape index (κ2) is 18.3. The first-order valence-corrected chi connectivity index (χ1v) is 11.5. The first-order valence-electron chi connectivity index (χ1n) is 5.45. The van der Waals surface area contributed by atoms with Crippen LogP contribution in [0.5, 0.6) is 0 Å². The van der Waals surface area contributed by atoms with E-state index >= 15 is 0 Å². The van der Waals surface area contributed by atoms with Crippen molar-refractivity contribution >= 4 is 48.4 Å². The van der Waals surface area contributed by atoms with Crippen molar-refractivity contribution in [2.45, 2.75) is 40.0 Å². The SMILES string of the molecule is CCCP(S)S.CCCPOPCCC. The van der Waals surface area contributed by atoms with Crippen LogP contribution in [0.2, 0.25) is 0 Å². The average Bonchev–Trinajstić information content (AvgIpc) is 2.18. The maximum atomic E-state index is 5.37. The fraction of sp³-hybridized carbons (Fsp3) is 1.00. The second-order valence-corrected chi connectivity index (χ2v) is 10.4. The maximum absolute atomic E-state index is 5.37. The van der Waals surface area contributed by atoms with Gasteiger partial charge in [-0.1, -0.05) is 40.0 Å². The van der Waals surface area contributed by atoms with Gasteiger partial charge < -0.3 is 4.31 Å². The molecule has 0 rings (SSSR count). The van der Waals surface area contributed by atoms with Gasteiger partial charge in [-0.15, -0.1) is 24.5 Å². The Morgan fingerprint density at radius 2 is 1.40 bits per heavy atom. The Labute approximate surface area is 111 Å². The lowest BCUT2D eigenvalue weighted by molar-refractivity contribution is 0.714. The third kappa shape index (κ3) is 25.9. The summed E-state index contributed by atoms with van der Waals surface area (Å²) in [7, 11) is 1.51. The van der Waals surface area contributed by atoms with E-state index in [1.807, 2.05) is 0 Å². The van der Waals surface area contributed by atoms with Gasteiger partial charge in [0, 0.05) is 23.9 Å². The molecule has 2 unspecified atom stereocenters. The van der Waals surface area contributed by atoms with Gasteiger partial charge in [-0.2, -0.15) is 0 Å². The van der Waals surface area contributed by atoms with Gasteiger partial charge >= 0.3 is 0 Å². The first kappa shape index (κ1) is 19.3. The standard InChI is InChI=1S/C6H16OP2.C3H9PS2/c1-3-5-8-7-9-6-4-2;1-2-3-4(5)6/h8-9H,3-6H2,1-2H3;5-6H,2-3H2,1H3. The molecule has 0 aromatic carbocycles. The van der Waals surface area contributed by atoms with E-state index in [4.69, 9.17) is 4.31 Å². The van der Waals surface area contributed by atoms with E-state index in [2.05, 4.69) is 45.3 Å². The predicted molar refractivity (Wildman–Crippen MR) is 88.1 cm³/mol. The van der Waals surface area contributed by atoms with E-state index in [0.29, 0.717) is 0 Å². The minimum atomic E-state index is -0.212. The van der Waals surface area contributed by atoms with Gasteiger partial charge in [0.15, 0.2) is 0 Å². The van der Waals surface area contributed by atoms with Gasteiger partial charge in [0.25, 0.3) is 0 Å². The lowest BCUT2D eigenvalue weighted by Gasteiger charge is -1.99. The summed E-state index contributed by atoms with van der Waals surface area (Å²) in [5, 5.41) is 0. The van der Waals surface area contributed by atoms with Crippen LogP contribution < -0.4 is 0 Å². The summed E-state index contributed by atoms with van der Waals surface area (Å²) >= 11 is 8.21. The second-order valence-electron chi connectivity index (χ2n) is 2.99. The topological polar surface area (TPSA) is 9.23 Å². The van der Waals surface area contributed by atoms with Gasteiger partial charge in [-0.25, -0.2) is 0 Å². The zero-order valence-electron chi connectivity index (χ0n) is 9.99. The monoisotopic (exact) mass is 306 g/mol. The third-order valence-corrected chi connectivity index (χ3v) is 5.88. The Kier molecular flexibility index (Phi) is 23.6. The summed E-state index contributed by atoms with van der Waals surface area (Å²) in [6, 6.07) is 0. The highest BCUT2D eigenvalue weighted by Crippen LogP contribution is 2.45. The smallest absolute Gasteiger partial charge is 0.0192 e. The van der Waals surface area contributed by atoms with Crippen molar-refractivity contribution in [2.24, 2.45) is 0 Å². The molecule has 0 aliphatic carbocycles. The molecule has 1 nitrogen and oxygen atoms in total. The minimum Gasteiger partial charge on any atom is -0.344 e. The molecule has 0 amide bonds. The maximum Gasteiger partial charge on any atom is 0.0192 e. The molecule has 0 N–H and O–H groups in total. The minimum absolute atomic E-state index is 0.212. The molecule has 0 aromatic rings. The molecule has 6 heteroatoms. The van der Waals surface area contributed by atoms with Crippen molar-refractivity contribution in [1.29, 1.82) is 0 Å². The van der Waals surface area contributed by atoms with E-state index in [1.165, 1.54) is 37.7 Å². The Balaban J connectivity index is 0. The Hall–Kier alpha value is 1.95. The molecule has 0 fully saturated rings. The van der Waals surface area contributed by atoms with Crippen molar-refractivity contribution in [1.82, 2.24) is 0 Å². The average molecular weight is 306 g/mol. The van der Waals surface area contributed by atoms with Crippen LogP contribution in [0.15, 0.2) is 0 Å².